The number of aromatic nitrogens is 2. The maximum Gasteiger partial charge on any atom is 0.387 e. The smallest absolute Gasteiger partial charge is 0.387 e. The Morgan fingerprint density at radius 2 is 1.78 bits per heavy atom. The van der Waals surface area contributed by atoms with Gasteiger partial charge in [-0.05, 0) is 31.2 Å². The van der Waals surface area contributed by atoms with E-state index in [-0.39, 0.29) is 29.2 Å². The van der Waals surface area contributed by atoms with Crippen molar-refractivity contribution in [2.24, 2.45) is 0 Å². The van der Waals surface area contributed by atoms with E-state index in [9.17, 15) is 17.6 Å². The second-order valence-electron chi connectivity index (χ2n) is 9.87. The second-order valence-corrected chi connectivity index (χ2v) is 9.87. The average molecular weight is 580 g/mol. The molecule has 218 valence electrons. The van der Waals surface area contributed by atoms with Gasteiger partial charge >= 0.3 is 13.2 Å². The number of alkyl halides is 4. The first-order chi connectivity index (χ1) is 19.7. The van der Waals surface area contributed by atoms with Crippen molar-refractivity contribution >= 4 is 11.5 Å². The van der Waals surface area contributed by atoms with Crippen molar-refractivity contribution in [1.29, 1.82) is 0 Å². The molecule has 4 aliphatic heterocycles. The van der Waals surface area contributed by atoms with Crippen LogP contribution in [0.5, 0.6) is 11.5 Å². The molecule has 5 heterocycles. The molecule has 41 heavy (non-hydrogen) atoms. The Bertz CT molecular complexity index is 1400. The van der Waals surface area contributed by atoms with Gasteiger partial charge in [-0.1, -0.05) is 0 Å². The van der Waals surface area contributed by atoms with E-state index in [1.54, 1.807) is 18.0 Å². The molecule has 6 rings (SSSR count). The molecule has 1 aromatic heterocycles. The number of benzene rings is 1. The fraction of sp³-hybridized carbons (Fsp3) is 0.407. The third-order valence-corrected chi connectivity index (χ3v) is 7.23. The molecular formula is C27H26F5N5O4. The number of hydrogen-bond acceptors (Lipinski definition) is 9. The highest BCUT2D eigenvalue weighted by molar-refractivity contribution is 5.78. The SMILES string of the molecule is CC12C=C(F)C(c3cnc(N4CCOCC4)nc3)=CN1C1=C(CCOC1c1cc(OC(F)F)ccc1OC(F)F)N2. The summed E-state index contributed by atoms with van der Waals surface area (Å²) in [6, 6.07) is 3.42. The number of nitrogens with one attached hydrogen (secondary N) is 1. The first-order valence-corrected chi connectivity index (χ1v) is 12.9. The van der Waals surface area contributed by atoms with E-state index in [1.165, 1.54) is 24.5 Å². The fourth-order valence-electron chi connectivity index (χ4n) is 5.43. The zero-order valence-electron chi connectivity index (χ0n) is 21.8. The number of nitrogens with zero attached hydrogens (tertiary/aromatic N) is 4. The number of rotatable bonds is 7. The van der Waals surface area contributed by atoms with Gasteiger partial charge in [0.1, 0.15) is 29.1 Å². The third-order valence-electron chi connectivity index (χ3n) is 7.23. The molecule has 0 spiro atoms. The van der Waals surface area contributed by atoms with Crippen LogP contribution >= 0.6 is 0 Å². The van der Waals surface area contributed by atoms with Gasteiger partial charge in [0.25, 0.3) is 0 Å². The lowest BCUT2D eigenvalue weighted by atomic mass is 9.97. The largest absolute Gasteiger partial charge is 0.435 e. The van der Waals surface area contributed by atoms with Crippen LogP contribution in [0.3, 0.4) is 0 Å². The lowest BCUT2D eigenvalue weighted by Gasteiger charge is -2.39. The zero-order valence-corrected chi connectivity index (χ0v) is 21.8. The van der Waals surface area contributed by atoms with Crippen molar-refractivity contribution in [2.75, 3.05) is 37.8 Å². The van der Waals surface area contributed by atoms with Crippen molar-refractivity contribution in [3.8, 4) is 11.5 Å². The van der Waals surface area contributed by atoms with Crippen LogP contribution in [0, 0.1) is 0 Å². The third kappa shape index (κ3) is 5.28. The maximum absolute atomic E-state index is 15.6. The van der Waals surface area contributed by atoms with Crippen LogP contribution in [0.15, 0.2) is 60.1 Å². The van der Waals surface area contributed by atoms with Crippen molar-refractivity contribution in [1.82, 2.24) is 20.2 Å². The van der Waals surface area contributed by atoms with Crippen LogP contribution in [0.25, 0.3) is 5.57 Å². The molecule has 0 saturated carbocycles. The van der Waals surface area contributed by atoms with Crippen molar-refractivity contribution in [3.05, 3.63) is 71.2 Å². The Labute approximate surface area is 231 Å². The summed E-state index contributed by atoms with van der Waals surface area (Å²) < 4.78 is 88.6. The predicted octanol–water partition coefficient (Wildman–Crippen LogP) is 4.72. The van der Waals surface area contributed by atoms with Crippen LogP contribution in [-0.4, -0.2) is 66.7 Å². The lowest BCUT2D eigenvalue weighted by Crippen LogP contribution is -2.48. The Morgan fingerprint density at radius 3 is 2.49 bits per heavy atom. The number of allylic oxidation sites excluding steroid dienone is 2. The first-order valence-electron chi connectivity index (χ1n) is 12.9. The van der Waals surface area contributed by atoms with E-state index in [1.807, 2.05) is 4.90 Å². The summed E-state index contributed by atoms with van der Waals surface area (Å²) in [5.41, 5.74) is 0.819. The summed E-state index contributed by atoms with van der Waals surface area (Å²) in [4.78, 5) is 12.6. The fourth-order valence-corrected chi connectivity index (χ4v) is 5.43. The van der Waals surface area contributed by atoms with E-state index in [2.05, 4.69) is 20.0 Å². The average Bonchev–Trinajstić information content (AvgIpc) is 3.24. The Kier molecular flexibility index (Phi) is 7.20. The Morgan fingerprint density at radius 1 is 1.05 bits per heavy atom. The van der Waals surface area contributed by atoms with E-state index in [0.717, 1.165) is 12.1 Å². The van der Waals surface area contributed by atoms with Gasteiger partial charge in [0.05, 0.1) is 25.5 Å². The van der Waals surface area contributed by atoms with Gasteiger partial charge in [0, 0.05) is 60.5 Å². The summed E-state index contributed by atoms with van der Waals surface area (Å²) in [5, 5.41) is 3.31. The van der Waals surface area contributed by atoms with Gasteiger partial charge in [-0.25, -0.2) is 14.4 Å². The number of ether oxygens (including phenoxy) is 4. The lowest BCUT2D eigenvalue weighted by molar-refractivity contribution is -0.0553. The van der Waals surface area contributed by atoms with E-state index >= 15 is 4.39 Å². The van der Waals surface area contributed by atoms with Crippen LogP contribution in [0.1, 0.15) is 30.6 Å². The van der Waals surface area contributed by atoms with Crippen LogP contribution in [-0.2, 0) is 9.47 Å². The quantitative estimate of drug-likeness (QED) is 0.469. The predicted molar refractivity (Wildman–Crippen MR) is 136 cm³/mol. The summed E-state index contributed by atoms with van der Waals surface area (Å²) in [6.07, 6.45) is 5.45. The van der Waals surface area contributed by atoms with Gasteiger partial charge in [0.2, 0.25) is 5.95 Å². The molecule has 1 fully saturated rings. The van der Waals surface area contributed by atoms with Crippen LogP contribution in [0.2, 0.25) is 0 Å². The molecule has 1 N–H and O–H groups in total. The van der Waals surface area contributed by atoms with E-state index in [4.69, 9.17) is 14.2 Å². The molecule has 0 radical (unpaired) electrons. The minimum Gasteiger partial charge on any atom is -0.435 e. The molecule has 0 amide bonds. The molecule has 2 aromatic rings. The Balaban J connectivity index is 1.37. The molecule has 4 aliphatic rings. The molecule has 1 aromatic carbocycles. The van der Waals surface area contributed by atoms with E-state index in [0.29, 0.717) is 55.6 Å². The van der Waals surface area contributed by atoms with Gasteiger partial charge in [-0.3, -0.25) is 0 Å². The standard InChI is InChI=1S/C27H26F5N5O4/c1-27-11-19(28)18(15-12-33-26(34-13-15)36-5-8-38-9-6-36)14-37(27)22-20(35-27)4-7-39-23(22)17-10-16(40-24(29)30)2-3-21(17)41-25(31)32/h2-3,10-14,23-25,35H,4-9H2,1H3. The highest BCUT2D eigenvalue weighted by Gasteiger charge is 2.47. The van der Waals surface area contributed by atoms with Crippen LogP contribution in [0.4, 0.5) is 27.9 Å². The van der Waals surface area contributed by atoms with Crippen molar-refractivity contribution in [2.45, 2.75) is 38.3 Å². The van der Waals surface area contributed by atoms with Gasteiger partial charge in [0.15, 0.2) is 0 Å². The molecule has 0 bridgehead atoms. The highest BCUT2D eigenvalue weighted by atomic mass is 19.3. The number of morpholine rings is 1. The topological polar surface area (TPSA) is 81.2 Å². The first kappa shape index (κ1) is 27.3. The summed E-state index contributed by atoms with van der Waals surface area (Å²) in [5.74, 6) is -0.511. The molecule has 2 atom stereocenters. The number of hydrogen-bond donors (Lipinski definition) is 1. The zero-order chi connectivity index (χ0) is 28.7. The maximum atomic E-state index is 15.6. The monoisotopic (exact) mass is 579 g/mol. The minimum absolute atomic E-state index is 0.0601. The van der Waals surface area contributed by atoms with Gasteiger partial charge < -0.3 is 34.1 Å². The molecule has 2 unspecified atom stereocenters. The summed E-state index contributed by atoms with van der Waals surface area (Å²) in [7, 11) is 0. The normalized spacial score (nSPS) is 24.1. The summed E-state index contributed by atoms with van der Waals surface area (Å²) >= 11 is 0. The van der Waals surface area contributed by atoms with Crippen LogP contribution < -0.4 is 19.7 Å². The second kappa shape index (κ2) is 10.8. The van der Waals surface area contributed by atoms with Gasteiger partial charge in [-0.15, -0.1) is 0 Å². The number of fused-ring (bicyclic) bond motifs is 2. The Hall–Kier alpha value is -3.91. The molecular weight excluding hydrogens is 553 g/mol. The molecule has 14 heteroatoms. The number of halogens is 5. The molecule has 0 aliphatic carbocycles. The summed E-state index contributed by atoms with van der Waals surface area (Å²) in [6.45, 7) is -1.93. The van der Waals surface area contributed by atoms with Crippen molar-refractivity contribution < 1.29 is 40.9 Å². The van der Waals surface area contributed by atoms with Gasteiger partial charge in [-0.2, -0.15) is 17.6 Å². The van der Waals surface area contributed by atoms with Crippen molar-refractivity contribution in [3.63, 3.8) is 0 Å². The number of anilines is 1. The molecule has 9 nitrogen and oxygen atoms in total. The minimum atomic E-state index is -3.17. The molecule has 1 saturated heterocycles. The highest BCUT2D eigenvalue weighted by Crippen LogP contribution is 2.49. The van der Waals surface area contributed by atoms with E-state index < -0.39 is 30.8 Å².